The Morgan fingerprint density at radius 2 is 1.90 bits per heavy atom. The van der Waals surface area contributed by atoms with Crippen LogP contribution in [0.3, 0.4) is 0 Å². The summed E-state index contributed by atoms with van der Waals surface area (Å²) >= 11 is 0. The third kappa shape index (κ3) is 5.86. The van der Waals surface area contributed by atoms with E-state index in [-0.39, 0.29) is 6.61 Å². The molecule has 152 valence electrons. The molecular formula is C23H26N2O4. The number of carbonyl (C=O) groups excluding carboxylic acids is 1. The van der Waals surface area contributed by atoms with Crippen molar-refractivity contribution in [3.63, 3.8) is 0 Å². The van der Waals surface area contributed by atoms with Crippen LogP contribution in [0.2, 0.25) is 0 Å². The van der Waals surface area contributed by atoms with E-state index >= 15 is 0 Å². The van der Waals surface area contributed by atoms with Gasteiger partial charge in [-0.2, -0.15) is 0 Å². The molecule has 1 aromatic heterocycles. The van der Waals surface area contributed by atoms with Crippen LogP contribution < -0.4 is 4.74 Å². The number of ether oxygens (including phenoxy) is 3. The molecule has 0 spiro atoms. The molecule has 29 heavy (non-hydrogen) atoms. The maximum absolute atomic E-state index is 11.0. The lowest BCUT2D eigenvalue weighted by molar-refractivity contribution is 0.0817. The van der Waals surface area contributed by atoms with Crippen LogP contribution in [0.1, 0.15) is 11.1 Å². The molecule has 0 aliphatic carbocycles. The third-order valence-corrected chi connectivity index (χ3v) is 4.61. The molecule has 0 aliphatic rings. The average molecular weight is 394 g/mol. The molecule has 3 rings (SSSR count). The number of nitrogens with zero attached hydrogens (tertiary/aromatic N) is 1. The average Bonchev–Trinajstić information content (AvgIpc) is 3.15. The van der Waals surface area contributed by atoms with Gasteiger partial charge in [0.2, 0.25) is 0 Å². The van der Waals surface area contributed by atoms with Crippen molar-refractivity contribution in [1.29, 1.82) is 0 Å². The second kappa shape index (κ2) is 10.3. The maximum Gasteiger partial charge on any atom is 0.508 e. The van der Waals surface area contributed by atoms with E-state index < -0.39 is 6.16 Å². The molecule has 0 bridgehead atoms. The van der Waals surface area contributed by atoms with Gasteiger partial charge in [-0.3, -0.25) is 4.90 Å². The predicted molar refractivity (Wildman–Crippen MR) is 113 cm³/mol. The van der Waals surface area contributed by atoms with Crippen LogP contribution in [0.5, 0.6) is 5.75 Å². The van der Waals surface area contributed by atoms with Crippen LogP contribution in [0, 0.1) is 0 Å². The minimum Gasteiger partial charge on any atom is -0.497 e. The van der Waals surface area contributed by atoms with E-state index in [1.165, 1.54) is 18.2 Å². The molecule has 1 N–H and O–H groups in total. The van der Waals surface area contributed by atoms with Crippen molar-refractivity contribution in [3.8, 4) is 5.75 Å². The third-order valence-electron chi connectivity index (χ3n) is 4.61. The van der Waals surface area contributed by atoms with Gasteiger partial charge in [0, 0.05) is 36.7 Å². The number of aromatic nitrogens is 1. The van der Waals surface area contributed by atoms with E-state index in [1.54, 1.807) is 7.11 Å². The first-order valence-corrected chi connectivity index (χ1v) is 9.45. The van der Waals surface area contributed by atoms with E-state index in [0.29, 0.717) is 0 Å². The number of hydrogen-bond donors (Lipinski definition) is 1. The Hall–Kier alpha value is -3.25. The van der Waals surface area contributed by atoms with Crippen molar-refractivity contribution < 1.29 is 19.0 Å². The Labute approximate surface area is 170 Å². The van der Waals surface area contributed by atoms with Gasteiger partial charge in [0.05, 0.1) is 14.2 Å². The molecule has 0 radical (unpaired) electrons. The first-order chi connectivity index (χ1) is 14.2. The molecule has 6 heteroatoms. The number of H-pyrrole nitrogens is 1. The molecule has 3 aromatic rings. The van der Waals surface area contributed by atoms with E-state index in [2.05, 4.69) is 32.8 Å². The molecule has 0 unspecified atom stereocenters. The summed E-state index contributed by atoms with van der Waals surface area (Å²) in [5.41, 5.74) is 3.53. The Kier molecular flexibility index (Phi) is 7.30. The fourth-order valence-electron chi connectivity index (χ4n) is 3.15. The quantitative estimate of drug-likeness (QED) is 0.427. The highest BCUT2D eigenvalue weighted by molar-refractivity contribution is 5.84. The Bertz CT molecular complexity index is 950. The normalized spacial score (nSPS) is 11.3. The lowest BCUT2D eigenvalue weighted by Gasteiger charge is -2.21. The van der Waals surface area contributed by atoms with Crippen molar-refractivity contribution >= 4 is 17.1 Å². The second-order valence-electron chi connectivity index (χ2n) is 6.62. The van der Waals surface area contributed by atoms with Gasteiger partial charge in [0.25, 0.3) is 0 Å². The second-order valence-corrected chi connectivity index (χ2v) is 6.62. The van der Waals surface area contributed by atoms with Gasteiger partial charge in [-0.25, -0.2) is 4.79 Å². The molecule has 0 saturated carbocycles. The number of benzene rings is 2. The summed E-state index contributed by atoms with van der Waals surface area (Å²) in [6, 6.07) is 16.4. The van der Waals surface area contributed by atoms with Crippen LogP contribution in [-0.4, -0.2) is 43.4 Å². The Balaban J connectivity index is 1.72. The van der Waals surface area contributed by atoms with Crippen molar-refractivity contribution in [2.75, 3.05) is 27.4 Å². The van der Waals surface area contributed by atoms with E-state index in [1.807, 2.05) is 48.7 Å². The number of nitrogens with one attached hydrogen (secondary N) is 1. The highest BCUT2D eigenvalue weighted by atomic mass is 16.7. The molecule has 1 heterocycles. The minimum absolute atomic E-state index is 0.191. The van der Waals surface area contributed by atoms with Crippen molar-refractivity contribution in [2.45, 2.75) is 13.1 Å². The number of carbonyl (C=O) groups is 1. The molecule has 0 atom stereocenters. The van der Waals surface area contributed by atoms with Crippen LogP contribution in [0.4, 0.5) is 4.79 Å². The zero-order valence-corrected chi connectivity index (χ0v) is 16.8. The van der Waals surface area contributed by atoms with Gasteiger partial charge in [-0.05, 0) is 35.4 Å². The zero-order chi connectivity index (χ0) is 20.5. The number of rotatable bonds is 9. The lowest BCUT2D eigenvalue weighted by atomic mass is 10.1. The number of methoxy groups -OCH3 is 2. The van der Waals surface area contributed by atoms with Crippen molar-refractivity contribution in [1.82, 2.24) is 9.88 Å². The number of fused-ring (bicyclic) bond motifs is 1. The van der Waals surface area contributed by atoms with Crippen LogP contribution in [0.15, 0.2) is 66.9 Å². The molecule has 6 nitrogen and oxygen atoms in total. The van der Waals surface area contributed by atoms with Gasteiger partial charge in [-0.15, -0.1) is 0 Å². The molecule has 0 fully saturated rings. The van der Waals surface area contributed by atoms with Gasteiger partial charge < -0.3 is 19.2 Å². The lowest BCUT2D eigenvalue weighted by Crippen LogP contribution is -2.23. The predicted octanol–water partition coefficient (Wildman–Crippen LogP) is 4.52. The highest BCUT2D eigenvalue weighted by Gasteiger charge is 2.11. The minimum atomic E-state index is -0.677. The summed E-state index contributed by atoms with van der Waals surface area (Å²) in [7, 11) is 2.97. The Morgan fingerprint density at radius 1 is 1.07 bits per heavy atom. The van der Waals surface area contributed by atoms with E-state index in [9.17, 15) is 4.79 Å². The molecular weight excluding hydrogens is 368 g/mol. The van der Waals surface area contributed by atoms with Gasteiger partial charge in [-0.1, -0.05) is 36.4 Å². The van der Waals surface area contributed by atoms with E-state index in [4.69, 9.17) is 9.47 Å². The topological polar surface area (TPSA) is 63.8 Å². The summed E-state index contributed by atoms with van der Waals surface area (Å²) < 4.78 is 14.7. The largest absolute Gasteiger partial charge is 0.508 e. The summed E-state index contributed by atoms with van der Waals surface area (Å²) in [5, 5.41) is 1.15. The van der Waals surface area contributed by atoms with Crippen molar-refractivity contribution in [3.05, 3.63) is 78.0 Å². The first kappa shape index (κ1) is 20.5. The van der Waals surface area contributed by atoms with Gasteiger partial charge in [0.15, 0.2) is 0 Å². The molecule has 2 aromatic carbocycles. The SMILES string of the molecule is COC(=O)OC/C=C/CN(Cc1ccccc1)Cc1c[nH]c2ccc(OC)cc12. The van der Waals surface area contributed by atoms with Crippen LogP contribution in [-0.2, 0) is 22.6 Å². The zero-order valence-electron chi connectivity index (χ0n) is 16.8. The fraction of sp³-hybridized carbons (Fsp3) is 0.261. The van der Waals surface area contributed by atoms with Crippen LogP contribution in [0.25, 0.3) is 10.9 Å². The molecule has 0 aliphatic heterocycles. The maximum atomic E-state index is 11.0. The summed E-state index contributed by atoms with van der Waals surface area (Å²) in [5.74, 6) is 0.841. The summed E-state index contributed by atoms with van der Waals surface area (Å²) in [6.45, 7) is 2.48. The molecule has 0 saturated heterocycles. The Morgan fingerprint density at radius 3 is 2.66 bits per heavy atom. The number of hydrogen-bond acceptors (Lipinski definition) is 5. The smallest absolute Gasteiger partial charge is 0.497 e. The number of aromatic amines is 1. The highest BCUT2D eigenvalue weighted by Crippen LogP contribution is 2.25. The fourth-order valence-corrected chi connectivity index (χ4v) is 3.15. The summed E-state index contributed by atoms with van der Waals surface area (Å²) in [6.07, 6.45) is 5.20. The van der Waals surface area contributed by atoms with Crippen molar-refractivity contribution in [2.24, 2.45) is 0 Å². The van der Waals surface area contributed by atoms with E-state index in [0.717, 1.165) is 36.3 Å². The molecule has 0 amide bonds. The monoisotopic (exact) mass is 394 g/mol. The standard InChI is InChI=1S/C23H26N2O4/c1-27-20-10-11-22-21(14-20)19(15-24-22)17-25(16-18-8-4-3-5-9-18)12-6-7-13-29-23(26)28-2/h3-11,14-15,24H,12-13,16-17H2,1-2H3/b7-6+. The van der Waals surface area contributed by atoms with Gasteiger partial charge >= 0.3 is 6.16 Å². The van der Waals surface area contributed by atoms with Gasteiger partial charge in [0.1, 0.15) is 12.4 Å². The van der Waals surface area contributed by atoms with Crippen LogP contribution >= 0.6 is 0 Å². The first-order valence-electron chi connectivity index (χ1n) is 9.45. The summed E-state index contributed by atoms with van der Waals surface area (Å²) in [4.78, 5) is 16.7.